The average molecular weight is 286 g/mol. The average Bonchev–Trinajstić information content (AvgIpc) is 2.46. The van der Waals surface area contributed by atoms with Crippen LogP contribution in [-0.4, -0.2) is 11.1 Å². The highest BCUT2D eigenvalue weighted by Gasteiger charge is 2.49. The molecule has 1 saturated carbocycles. The molecule has 3 atom stereocenters. The summed E-state index contributed by atoms with van der Waals surface area (Å²) in [6.07, 6.45) is 5.10. The molecule has 2 aliphatic carbocycles. The van der Waals surface area contributed by atoms with E-state index < -0.39 is 11.4 Å². The van der Waals surface area contributed by atoms with Gasteiger partial charge in [-0.15, -0.1) is 0 Å². The summed E-state index contributed by atoms with van der Waals surface area (Å²) >= 11 is 0. The Hall–Kier alpha value is -1.31. The van der Waals surface area contributed by atoms with E-state index in [9.17, 15) is 9.90 Å². The van der Waals surface area contributed by atoms with Gasteiger partial charge in [0, 0.05) is 0 Å². The predicted octanol–water partition coefficient (Wildman–Crippen LogP) is 4.73. The zero-order chi connectivity index (χ0) is 15.2. The molecule has 1 aromatic carbocycles. The fourth-order valence-electron chi connectivity index (χ4n) is 4.55. The number of aryl methyl sites for hydroxylation is 1. The number of carboxylic acids is 1. The van der Waals surface area contributed by atoms with E-state index >= 15 is 0 Å². The van der Waals surface area contributed by atoms with E-state index in [2.05, 4.69) is 32.0 Å². The van der Waals surface area contributed by atoms with Crippen LogP contribution in [0.3, 0.4) is 0 Å². The first-order valence-electron chi connectivity index (χ1n) is 8.29. The highest BCUT2D eigenvalue weighted by Crippen LogP contribution is 2.53. The second-order valence-corrected chi connectivity index (χ2v) is 7.48. The van der Waals surface area contributed by atoms with E-state index in [0.717, 1.165) is 32.1 Å². The largest absolute Gasteiger partial charge is 0.481 e. The van der Waals surface area contributed by atoms with E-state index in [1.807, 2.05) is 6.92 Å². The van der Waals surface area contributed by atoms with Crippen molar-refractivity contribution in [2.75, 3.05) is 0 Å². The minimum absolute atomic E-state index is 0.307. The maximum atomic E-state index is 11.8. The minimum atomic E-state index is -0.598. The molecule has 2 nitrogen and oxygen atoms in total. The minimum Gasteiger partial charge on any atom is -0.481 e. The van der Waals surface area contributed by atoms with Crippen molar-refractivity contribution in [1.82, 2.24) is 0 Å². The van der Waals surface area contributed by atoms with Crippen LogP contribution in [0.25, 0.3) is 0 Å². The van der Waals surface area contributed by atoms with Crippen molar-refractivity contribution < 1.29 is 9.90 Å². The standard InChI is InChI=1S/C19H26O2/c1-12(2)13-6-8-15-14(11-13)7-9-17-16(15)5-4-10-19(17,3)18(20)21/h6,8,11-12,16-17H,4-5,7,9-10H2,1-3H3,(H,20,21)/t16-,17+,19-/m0/s1. The third-order valence-electron chi connectivity index (χ3n) is 5.96. The van der Waals surface area contributed by atoms with Crippen molar-refractivity contribution in [2.45, 2.75) is 64.7 Å². The van der Waals surface area contributed by atoms with Crippen molar-refractivity contribution >= 4 is 5.97 Å². The number of hydrogen-bond acceptors (Lipinski definition) is 1. The van der Waals surface area contributed by atoms with E-state index in [-0.39, 0.29) is 0 Å². The Balaban J connectivity index is 1.98. The van der Waals surface area contributed by atoms with Gasteiger partial charge in [0.2, 0.25) is 0 Å². The van der Waals surface area contributed by atoms with Crippen LogP contribution in [0.5, 0.6) is 0 Å². The number of benzene rings is 1. The lowest BCUT2D eigenvalue weighted by Gasteiger charge is -2.46. The molecule has 2 heteroatoms. The molecule has 3 rings (SSSR count). The molecule has 0 saturated heterocycles. The van der Waals surface area contributed by atoms with Crippen molar-refractivity contribution in [3.8, 4) is 0 Å². The van der Waals surface area contributed by atoms with Crippen LogP contribution in [0.15, 0.2) is 18.2 Å². The van der Waals surface area contributed by atoms with Gasteiger partial charge in [0.15, 0.2) is 0 Å². The van der Waals surface area contributed by atoms with Crippen LogP contribution in [0, 0.1) is 11.3 Å². The lowest BCUT2D eigenvalue weighted by atomic mass is 9.56. The van der Waals surface area contributed by atoms with Gasteiger partial charge in [-0.05, 0) is 67.1 Å². The number of carboxylic acid groups (broad SMARTS) is 1. The lowest BCUT2D eigenvalue weighted by molar-refractivity contribution is -0.154. The maximum absolute atomic E-state index is 11.8. The van der Waals surface area contributed by atoms with Crippen LogP contribution in [0.2, 0.25) is 0 Å². The van der Waals surface area contributed by atoms with Gasteiger partial charge < -0.3 is 5.11 Å². The molecule has 0 bridgehead atoms. The number of fused-ring (bicyclic) bond motifs is 3. The number of rotatable bonds is 2. The summed E-state index contributed by atoms with van der Waals surface area (Å²) in [5.41, 5.74) is 3.78. The Morgan fingerprint density at radius 3 is 2.76 bits per heavy atom. The maximum Gasteiger partial charge on any atom is 0.309 e. The highest BCUT2D eigenvalue weighted by molar-refractivity contribution is 5.75. The van der Waals surface area contributed by atoms with Crippen LogP contribution >= 0.6 is 0 Å². The number of aliphatic carboxylic acids is 1. The molecule has 114 valence electrons. The Kier molecular flexibility index (Phi) is 3.59. The summed E-state index contributed by atoms with van der Waals surface area (Å²) in [7, 11) is 0. The quantitative estimate of drug-likeness (QED) is 0.853. The first-order valence-corrected chi connectivity index (χ1v) is 8.29. The summed E-state index contributed by atoms with van der Waals surface area (Å²) in [5, 5.41) is 9.70. The Labute approximate surface area is 127 Å². The molecular weight excluding hydrogens is 260 g/mol. The normalized spacial score (nSPS) is 31.6. The molecule has 0 heterocycles. The van der Waals surface area contributed by atoms with Crippen LogP contribution in [-0.2, 0) is 11.2 Å². The van der Waals surface area contributed by atoms with E-state index in [1.165, 1.54) is 16.7 Å². The molecule has 0 radical (unpaired) electrons. The van der Waals surface area contributed by atoms with Gasteiger partial charge in [-0.3, -0.25) is 4.79 Å². The van der Waals surface area contributed by atoms with Crippen LogP contribution < -0.4 is 0 Å². The fourth-order valence-corrected chi connectivity index (χ4v) is 4.55. The molecule has 0 aliphatic heterocycles. The van der Waals surface area contributed by atoms with Gasteiger partial charge in [0.1, 0.15) is 0 Å². The monoisotopic (exact) mass is 286 g/mol. The molecule has 1 N–H and O–H groups in total. The summed E-state index contributed by atoms with van der Waals surface area (Å²) < 4.78 is 0. The van der Waals surface area contributed by atoms with E-state index in [4.69, 9.17) is 0 Å². The third-order valence-corrected chi connectivity index (χ3v) is 5.96. The topological polar surface area (TPSA) is 37.3 Å². The number of hydrogen-bond donors (Lipinski definition) is 1. The van der Waals surface area contributed by atoms with Gasteiger partial charge in [0.25, 0.3) is 0 Å². The zero-order valence-electron chi connectivity index (χ0n) is 13.4. The summed E-state index contributed by atoms with van der Waals surface area (Å²) in [6.45, 7) is 6.44. The predicted molar refractivity (Wildman–Crippen MR) is 84.7 cm³/mol. The van der Waals surface area contributed by atoms with Crippen LogP contribution in [0.4, 0.5) is 0 Å². The molecule has 0 spiro atoms. The second-order valence-electron chi connectivity index (χ2n) is 7.48. The first-order chi connectivity index (χ1) is 9.93. The van der Waals surface area contributed by atoms with Crippen molar-refractivity contribution in [3.05, 3.63) is 34.9 Å². The molecule has 1 aromatic rings. The summed E-state index contributed by atoms with van der Waals surface area (Å²) in [5.74, 6) is 0.717. The molecular formula is C19H26O2. The van der Waals surface area contributed by atoms with Gasteiger partial charge in [-0.2, -0.15) is 0 Å². The second kappa shape index (κ2) is 5.15. The van der Waals surface area contributed by atoms with Crippen molar-refractivity contribution in [2.24, 2.45) is 11.3 Å². The molecule has 0 aromatic heterocycles. The van der Waals surface area contributed by atoms with Gasteiger partial charge in [-0.25, -0.2) is 0 Å². The molecule has 1 fully saturated rings. The van der Waals surface area contributed by atoms with Crippen molar-refractivity contribution in [3.63, 3.8) is 0 Å². The molecule has 0 amide bonds. The summed E-state index contributed by atoms with van der Waals surface area (Å²) in [4.78, 5) is 11.8. The lowest BCUT2D eigenvalue weighted by Crippen LogP contribution is -2.44. The molecule has 2 aliphatic rings. The number of carbonyl (C=O) groups is 1. The first kappa shape index (κ1) is 14.6. The molecule has 0 unspecified atom stereocenters. The van der Waals surface area contributed by atoms with E-state index in [1.54, 1.807) is 0 Å². The molecule has 21 heavy (non-hydrogen) atoms. The third kappa shape index (κ3) is 2.29. The zero-order valence-corrected chi connectivity index (χ0v) is 13.4. The van der Waals surface area contributed by atoms with Gasteiger partial charge in [-0.1, -0.05) is 38.5 Å². The smallest absolute Gasteiger partial charge is 0.309 e. The Bertz CT molecular complexity index is 561. The highest BCUT2D eigenvalue weighted by atomic mass is 16.4. The Morgan fingerprint density at radius 1 is 1.33 bits per heavy atom. The van der Waals surface area contributed by atoms with E-state index in [0.29, 0.717) is 17.8 Å². The van der Waals surface area contributed by atoms with Crippen molar-refractivity contribution in [1.29, 1.82) is 0 Å². The van der Waals surface area contributed by atoms with Gasteiger partial charge >= 0.3 is 5.97 Å². The summed E-state index contributed by atoms with van der Waals surface area (Å²) in [6, 6.07) is 6.90. The van der Waals surface area contributed by atoms with Crippen LogP contribution in [0.1, 0.15) is 75.0 Å². The SMILES string of the molecule is CC(C)c1ccc2c(c1)CC[C@@H]1[C@H]2CCC[C@]1(C)C(=O)O. The fraction of sp³-hybridized carbons (Fsp3) is 0.632. The Morgan fingerprint density at radius 2 is 2.10 bits per heavy atom. The van der Waals surface area contributed by atoms with Gasteiger partial charge in [0.05, 0.1) is 5.41 Å².